The number of hydrogen-bond donors (Lipinski definition) is 1. The van der Waals surface area contributed by atoms with Gasteiger partial charge in [0.2, 0.25) is 5.91 Å². The molecule has 0 spiro atoms. The Bertz CT molecular complexity index is 871. The lowest BCUT2D eigenvalue weighted by molar-refractivity contribution is -0.274. The molecule has 29 heavy (non-hydrogen) atoms. The summed E-state index contributed by atoms with van der Waals surface area (Å²) in [5.74, 6) is -0.944. The second-order valence-corrected chi connectivity index (χ2v) is 6.60. The first-order valence-corrected chi connectivity index (χ1v) is 8.80. The van der Waals surface area contributed by atoms with Crippen molar-refractivity contribution >= 4 is 5.91 Å². The summed E-state index contributed by atoms with van der Waals surface area (Å²) in [6.07, 6.45) is -7.31. The number of carbonyl (C=O) groups excluding carboxylic acids is 1. The highest BCUT2D eigenvalue weighted by Gasteiger charge is 2.39. The molecule has 0 saturated carbocycles. The number of nitrogens with zero attached hydrogens (tertiary/aromatic N) is 2. The van der Waals surface area contributed by atoms with Crippen molar-refractivity contribution in [2.45, 2.75) is 51.3 Å². The van der Waals surface area contributed by atoms with Gasteiger partial charge in [-0.2, -0.15) is 18.3 Å². The van der Waals surface area contributed by atoms with Crippen LogP contribution in [0.1, 0.15) is 35.4 Å². The Morgan fingerprint density at radius 2 is 1.72 bits per heavy atom. The van der Waals surface area contributed by atoms with E-state index in [0.29, 0.717) is 24.1 Å². The second-order valence-electron chi connectivity index (χ2n) is 6.60. The van der Waals surface area contributed by atoms with E-state index in [0.717, 1.165) is 23.2 Å². The third kappa shape index (κ3) is 5.42. The van der Waals surface area contributed by atoms with Crippen LogP contribution in [0.2, 0.25) is 0 Å². The topological polar surface area (TPSA) is 56.2 Å². The summed E-state index contributed by atoms with van der Waals surface area (Å²) >= 11 is 0. The van der Waals surface area contributed by atoms with Gasteiger partial charge in [0, 0.05) is 17.8 Å². The maximum absolute atomic E-state index is 13.2. The highest BCUT2D eigenvalue weighted by atomic mass is 19.4. The number of ether oxygens (including phenoxy) is 1. The van der Waals surface area contributed by atoms with Crippen LogP contribution in [0.25, 0.3) is 0 Å². The molecule has 1 aliphatic carbocycles. The highest BCUT2D eigenvalue weighted by molar-refractivity contribution is 5.75. The number of benzene rings is 1. The lowest BCUT2D eigenvalue weighted by Gasteiger charge is -2.14. The maximum atomic E-state index is 13.2. The van der Waals surface area contributed by atoms with E-state index in [-0.39, 0.29) is 25.1 Å². The van der Waals surface area contributed by atoms with E-state index in [1.165, 1.54) is 12.1 Å². The minimum absolute atomic E-state index is 0.000713. The van der Waals surface area contributed by atoms with Crippen LogP contribution in [-0.4, -0.2) is 22.1 Å². The fourth-order valence-electron chi connectivity index (χ4n) is 3.23. The van der Waals surface area contributed by atoms with E-state index >= 15 is 0 Å². The molecule has 1 aromatic carbocycles. The van der Waals surface area contributed by atoms with Crippen LogP contribution in [0.4, 0.5) is 26.3 Å². The molecule has 3 rings (SSSR count). The summed E-state index contributed by atoms with van der Waals surface area (Å²) in [6, 6.07) is 4.90. The van der Waals surface area contributed by atoms with E-state index in [2.05, 4.69) is 15.2 Å². The third-order valence-electron chi connectivity index (χ3n) is 4.47. The summed E-state index contributed by atoms with van der Waals surface area (Å²) in [5.41, 5.74) is 0.135. The second kappa shape index (κ2) is 7.96. The van der Waals surface area contributed by atoms with Crippen molar-refractivity contribution in [3.63, 3.8) is 0 Å². The first kappa shape index (κ1) is 21.0. The highest BCUT2D eigenvalue weighted by Crippen LogP contribution is 2.35. The summed E-state index contributed by atoms with van der Waals surface area (Å²) < 4.78 is 80.8. The van der Waals surface area contributed by atoms with Crippen LogP contribution in [0.5, 0.6) is 5.75 Å². The Labute approximate surface area is 161 Å². The van der Waals surface area contributed by atoms with Gasteiger partial charge in [0.25, 0.3) is 0 Å². The quantitative estimate of drug-likeness (QED) is 0.743. The molecule has 1 heterocycles. The van der Waals surface area contributed by atoms with Crippen LogP contribution < -0.4 is 10.1 Å². The Hall–Kier alpha value is -2.72. The zero-order valence-electron chi connectivity index (χ0n) is 15.0. The Morgan fingerprint density at radius 3 is 2.34 bits per heavy atom. The number of hydrogen-bond acceptors (Lipinski definition) is 3. The van der Waals surface area contributed by atoms with Gasteiger partial charge in [0.05, 0.1) is 0 Å². The predicted molar refractivity (Wildman–Crippen MR) is 88.8 cm³/mol. The number of halogens is 6. The normalized spacial score (nSPS) is 14.4. The monoisotopic (exact) mass is 421 g/mol. The lowest BCUT2D eigenvalue weighted by Crippen LogP contribution is -2.28. The summed E-state index contributed by atoms with van der Waals surface area (Å²) in [6.45, 7) is -0.367. The van der Waals surface area contributed by atoms with Gasteiger partial charge in [-0.05, 0) is 43.4 Å². The average Bonchev–Trinajstić information content (AvgIpc) is 2.99. The fourth-order valence-corrected chi connectivity index (χ4v) is 3.23. The first-order valence-electron chi connectivity index (χ1n) is 8.80. The van der Waals surface area contributed by atoms with Gasteiger partial charge in [-0.3, -0.25) is 9.48 Å². The average molecular weight is 421 g/mol. The van der Waals surface area contributed by atoms with Gasteiger partial charge in [-0.25, -0.2) is 0 Å². The Kier molecular flexibility index (Phi) is 5.76. The van der Waals surface area contributed by atoms with Gasteiger partial charge in [-0.15, -0.1) is 13.2 Å². The van der Waals surface area contributed by atoms with Gasteiger partial charge >= 0.3 is 12.5 Å². The van der Waals surface area contributed by atoms with Gasteiger partial charge in [0.1, 0.15) is 12.3 Å². The number of alkyl halides is 6. The van der Waals surface area contributed by atoms with Crippen molar-refractivity contribution in [2.24, 2.45) is 0 Å². The van der Waals surface area contributed by atoms with E-state index in [9.17, 15) is 31.1 Å². The lowest BCUT2D eigenvalue weighted by atomic mass is 9.95. The van der Waals surface area contributed by atoms with Crippen molar-refractivity contribution < 1.29 is 35.9 Å². The number of aromatic nitrogens is 2. The fraction of sp³-hybridized carbons (Fsp3) is 0.444. The Balaban J connectivity index is 1.62. The third-order valence-corrected chi connectivity index (χ3v) is 4.47. The standard InChI is InChI=1S/C18H17F6N3O2/c19-17(20,21)16-13-3-1-2-4-14(13)27(26-16)10-15(28)25-9-11-5-7-12(8-6-11)29-18(22,23)24/h5-8H,1-4,9-10H2,(H,25,28). The Morgan fingerprint density at radius 1 is 1.07 bits per heavy atom. The molecule has 0 radical (unpaired) electrons. The molecule has 0 saturated heterocycles. The molecule has 158 valence electrons. The number of nitrogens with one attached hydrogen (secondary N) is 1. The summed E-state index contributed by atoms with van der Waals surface area (Å²) in [5, 5.41) is 6.14. The van der Waals surface area contributed by atoms with Gasteiger partial charge in [0.15, 0.2) is 5.69 Å². The number of amides is 1. The zero-order chi connectivity index (χ0) is 21.2. The zero-order valence-corrected chi connectivity index (χ0v) is 15.0. The van der Waals surface area contributed by atoms with Crippen LogP contribution >= 0.6 is 0 Å². The van der Waals surface area contributed by atoms with E-state index < -0.39 is 29.9 Å². The smallest absolute Gasteiger partial charge is 0.406 e. The summed E-state index contributed by atoms with van der Waals surface area (Å²) in [7, 11) is 0. The number of rotatable bonds is 5. The minimum Gasteiger partial charge on any atom is -0.406 e. The van der Waals surface area contributed by atoms with Crippen molar-refractivity contribution in [3.05, 3.63) is 46.8 Å². The maximum Gasteiger partial charge on any atom is 0.573 e. The molecule has 1 amide bonds. The molecule has 0 unspecified atom stereocenters. The van der Waals surface area contributed by atoms with Crippen molar-refractivity contribution in [3.8, 4) is 5.75 Å². The van der Waals surface area contributed by atoms with Crippen LogP contribution in [-0.2, 0) is 36.9 Å². The molecule has 0 bridgehead atoms. The predicted octanol–water partition coefficient (Wildman–Crippen LogP) is 4.00. The number of fused-ring (bicyclic) bond motifs is 1. The molecule has 0 fully saturated rings. The van der Waals surface area contributed by atoms with Crippen LogP contribution in [0, 0.1) is 0 Å². The van der Waals surface area contributed by atoms with Crippen molar-refractivity contribution in [2.75, 3.05) is 0 Å². The van der Waals surface area contributed by atoms with E-state index in [4.69, 9.17) is 0 Å². The van der Waals surface area contributed by atoms with Gasteiger partial charge in [-0.1, -0.05) is 12.1 Å². The SMILES string of the molecule is O=C(Cn1nc(C(F)(F)F)c2c1CCCC2)NCc1ccc(OC(F)(F)F)cc1. The van der Waals surface area contributed by atoms with Gasteiger partial charge < -0.3 is 10.1 Å². The molecule has 2 aromatic rings. The molecule has 0 aliphatic heterocycles. The van der Waals surface area contributed by atoms with E-state index in [1.807, 2.05) is 0 Å². The molecular weight excluding hydrogens is 404 g/mol. The van der Waals surface area contributed by atoms with Crippen LogP contribution in [0.3, 0.4) is 0 Å². The first-order chi connectivity index (χ1) is 13.5. The summed E-state index contributed by atoms with van der Waals surface area (Å²) in [4.78, 5) is 12.2. The molecule has 11 heteroatoms. The van der Waals surface area contributed by atoms with Crippen molar-refractivity contribution in [1.29, 1.82) is 0 Å². The molecular formula is C18H17F6N3O2. The molecule has 5 nitrogen and oxygen atoms in total. The molecule has 1 aromatic heterocycles. The largest absolute Gasteiger partial charge is 0.573 e. The molecule has 1 N–H and O–H groups in total. The number of carbonyl (C=O) groups is 1. The van der Waals surface area contributed by atoms with Crippen molar-refractivity contribution in [1.82, 2.24) is 15.1 Å². The minimum atomic E-state index is -4.80. The van der Waals surface area contributed by atoms with Crippen LogP contribution in [0.15, 0.2) is 24.3 Å². The van der Waals surface area contributed by atoms with E-state index in [1.54, 1.807) is 0 Å². The molecule has 0 atom stereocenters. The molecule has 1 aliphatic rings.